The third-order valence-corrected chi connectivity index (χ3v) is 4.90. The summed E-state index contributed by atoms with van der Waals surface area (Å²) in [5.41, 5.74) is 1.98. The highest BCUT2D eigenvalue weighted by atomic mass is 32.1. The molecule has 0 radical (unpaired) electrons. The molecule has 7 nitrogen and oxygen atoms in total. The van der Waals surface area contributed by atoms with Crippen molar-refractivity contribution >= 4 is 34.5 Å². The number of nitrogens with one attached hydrogen (secondary N) is 3. The first-order chi connectivity index (χ1) is 14.7. The minimum absolute atomic E-state index is 0.281. The van der Waals surface area contributed by atoms with Crippen LogP contribution in [0.4, 0.5) is 24.5 Å². The lowest BCUT2D eigenvalue weighted by atomic mass is 10.2. The van der Waals surface area contributed by atoms with Gasteiger partial charge in [0.05, 0.1) is 5.69 Å². The molecule has 3 aromatic rings. The lowest BCUT2D eigenvalue weighted by molar-refractivity contribution is -0.274. The van der Waals surface area contributed by atoms with Crippen molar-refractivity contribution in [2.45, 2.75) is 12.9 Å². The van der Waals surface area contributed by atoms with Crippen LogP contribution < -0.4 is 20.7 Å². The van der Waals surface area contributed by atoms with Crippen LogP contribution in [0.1, 0.15) is 25.7 Å². The van der Waals surface area contributed by atoms with Gasteiger partial charge in [-0.3, -0.25) is 14.6 Å². The van der Waals surface area contributed by atoms with Crippen molar-refractivity contribution < 1.29 is 27.5 Å². The topological polar surface area (TPSA) is 92.4 Å². The number of ether oxygens (including phenoxy) is 1. The first kappa shape index (κ1) is 22.1. The van der Waals surface area contributed by atoms with E-state index >= 15 is 0 Å². The number of hydrogen-bond acceptors (Lipinski definition) is 6. The van der Waals surface area contributed by atoms with E-state index in [1.807, 2.05) is 0 Å². The summed E-state index contributed by atoms with van der Waals surface area (Å²) in [7, 11) is 1.52. The summed E-state index contributed by atoms with van der Waals surface area (Å²) in [5, 5.41) is 10.0. The molecule has 3 N–H and O–H groups in total. The number of pyridine rings is 1. The van der Waals surface area contributed by atoms with E-state index in [0.29, 0.717) is 22.8 Å². The number of thiophene rings is 1. The molecule has 0 spiro atoms. The summed E-state index contributed by atoms with van der Waals surface area (Å²) in [5.74, 6) is -1.09. The highest BCUT2D eigenvalue weighted by molar-refractivity contribution is 7.12. The Balaban J connectivity index is 1.63. The molecule has 0 aliphatic rings. The van der Waals surface area contributed by atoms with Crippen molar-refractivity contribution in [3.63, 3.8) is 0 Å². The van der Waals surface area contributed by atoms with Crippen molar-refractivity contribution in [2.75, 3.05) is 17.7 Å². The monoisotopic (exact) mass is 450 g/mol. The summed E-state index contributed by atoms with van der Waals surface area (Å²) in [6, 6.07) is 9.99. The predicted molar refractivity (Wildman–Crippen MR) is 110 cm³/mol. The standard InChI is InChI=1S/C20H17F3N4O3S/c1-24-18(28)16-10-12(6-8-25-16)11-26-15-7-9-31-17(15)19(29)27-13-2-4-14(5-3-13)30-20(21,22)23/h2-10,26H,11H2,1H3,(H,24,28)(H,27,29). The molecule has 2 aromatic heterocycles. The number of amides is 2. The zero-order chi connectivity index (χ0) is 22.4. The number of halogens is 3. The molecule has 0 aliphatic heterocycles. The lowest BCUT2D eigenvalue weighted by Gasteiger charge is -2.11. The highest BCUT2D eigenvalue weighted by Crippen LogP contribution is 2.26. The summed E-state index contributed by atoms with van der Waals surface area (Å²) in [6.45, 7) is 0.354. The van der Waals surface area contributed by atoms with Crippen LogP contribution in [0, 0.1) is 0 Å². The molecule has 0 fully saturated rings. The minimum Gasteiger partial charge on any atom is -0.406 e. The van der Waals surface area contributed by atoms with Crippen molar-refractivity contribution in [1.29, 1.82) is 0 Å². The maximum atomic E-state index is 12.6. The molecule has 11 heteroatoms. The van der Waals surface area contributed by atoms with E-state index in [4.69, 9.17) is 0 Å². The van der Waals surface area contributed by atoms with Gasteiger partial charge in [-0.25, -0.2) is 0 Å². The third-order valence-electron chi connectivity index (χ3n) is 3.98. The molecular formula is C20H17F3N4O3S. The second-order valence-corrected chi connectivity index (χ2v) is 7.09. The number of carbonyl (C=O) groups is 2. The van der Waals surface area contributed by atoms with Gasteiger partial charge < -0.3 is 20.7 Å². The van der Waals surface area contributed by atoms with Gasteiger partial charge in [0.1, 0.15) is 16.3 Å². The van der Waals surface area contributed by atoms with Crippen LogP contribution in [0.25, 0.3) is 0 Å². The first-order valence-electron chi connectivity index (χ1n) is 8.90. The Kier molecular flexibility index (Phi) is 6.75. The fraction of sp³-hybridized carbons (Fsp3) is 0.150. The maximum absolute atomic E-state index is 12.6. The van der Waals surface area contributed by atoms with E-state index in [9.17, 15) is 22.8 Å². The molecule has 162 valence electrons. The second kappa shape index (κ2) is 9.47. The van der Waals surface area contributed by atoms with Gasteiger partial charge in [0.15, 0.2) is 0 Å². The molecule has 2 amide bonds. The van der Waals surface area contributed by atoms with E-state index in [1.165, 1.54) is 36.7 Å². The average molecular weight is 450 g/mol. The number of alkyl halides is 3. The minimum atomic E-state index is -4.78. The number of nitrogens with zero attached hydrogens (tertiary/aromatic N) is 1. The highest BCUT2D eigenvalue weighted by Gasteiger charge is 2.31. The molecule has 0 saturated heterocycles. The maximum Gasteiger partial charge on any atom is 0.573 e. The lowest BCUT2D eigenvalue weighted by Crippen LogP contribution is -2.19. The number of benzene rings is 1. The summed E-state index contributed by atoms with van der Waals surface area (Å²) in [4.78, 5) is 28.7. The Morgan fingerprint density at radius 1 is 1.10 bits per heavy atom. The Morgan fingerprint density at radius 2 is 1.84 bits per heavy atom. The van der Waals surface area contributed by atoms with E-state index in [1.54, 1.807) is 23.6 Å². The Labute approximate surface area is 179 Å². The van der Waals surface area contributed by atoms with Gasteiger partial charge in [-0.05, 0) is 53.4 Å². The normalized spacial score (nSPS) is 11.0. The van der Waals surface area contributed by atoms with E-state index in [2.05, 4.69) is 25.7 Å². The number of rotatable bonds is 7. The molecule has 1 aromatic carbocycles. The fourth-order valence-corrected chi connectivity index (χ4v) is 3.35. The largest absolute Gasteiger partial charge is 0.573 e. The Bertz CT molecular complexity index is 1070. The van der Waals surface area contributed by atoms with Gasteiger partial charge in [0.2, 0.25) is 0 Å². The van der Waals surface area contributed by atoms with Crippen molar-refractivity contribution in [3.05, 3.63) is 70.2 Å². The van der Waals surface area contributed by atoms with E-state index in [0.717, 1.165) is 17.7 Å². The van der Waals surface area contributed by atoms with Crippen LogP contribution in [0.5, 0.6) is 5.75 Å². The van der Waals surface area contributed by atoms with Crippen LogP contribution in [0.2, 0.25) is 0 Å². The van der Waals surface area contributed by atoms with Gasteiger partial charge in [-0.15, -0.1) is 24.5 Å². The SMILES string of the molecule is CNC(=O)c1cc(CNc2ccsc2C(=O)Nc2ccc(OC(F)(F)F)cc2)ccn1. The summed E-state index contributed by atoms with van der Waals surface area (Å²) >= 11 is 1.21. The summed E-state index contributed by atoms with van der Waals surface area (Å²) < 4.78 is 40.5. The number of anilines is 2. The molecule has 31 heavy (non-hydrogen) atoms. The number of hydrogen-bond donors (Lipinski definition) is 3. The third kappa shape index (κ3) is 6.19. The Hall–Kier alpha value is -3.60. The van der Waals surface area contributed by atoms with Gasteiger partial charge in [-0.2, -0.15) is 0 Å². The molecule has 0 saturated carbocycles. The molecule has 0 aliphatic carbocycles. The van der Waals surface area contributed by atoms with Crippen molar-refractivity contribution in [3.8, 4) is 5.75 Å². The van der Waals surface area contributed by atoms with Crippen LogP contribution >= 0.6 is 11.3 Å². The quantitative estimate of drug-likeness (QED) is 0.500. The van der Waals surface area contributed by atoms with Crippen LogP contribution in [0.3, 0.4) is 0 Å². The van der Waals surface area contributed by atoms with E-state index in [-0.39, 0.29) is 17.4 Å². The molecule has 0 bridgehead atoms. The molecule has 3 rings (SSSR count). The zero-order valence-electron chi connectivity index (χ0n) is 16.1. The molecular weight excluding hydrogens is 433 g/mol. The fourth-order valence-electron chi connectivity index (χ4n) is 2.59. The van der Waals surface area contributed by atoms with Gasteiger partial charge in [-0.1, -0.05) is 0 Å². The molecule has 0 atom stereocenters. The van der Waals surface area contributed by atoms with Crippen LogP contribution in [0.15, 0.2) is 54.0 Å². The van der Waals surface area contributed by atoms with E-state index < -0.39 is 12.3 Å². The van der Waals surface area contributed by atoms with Gasteiger partial charge in [0, 0.05) is 25.5 Å². The smallest absolute Gasteiger partial charge is 0.406 e. The molecule has 2 heterocycles. The number of aromatic nitrogens is 1. The van der Waals surface area contributed by atoms with Crippen LogP contribution in [-0.2, 0) is 6.54 Å². The van der Waals surface area contributed by atoms with Crippen LogP contribution in [-0.4, -0.2) is 30.2 Å². The Morgan fingerprint density at radius 3 is 2.52 bits per heavy atom. The van der Waals surface area contributed by atoms with Crippen molar-refractivity contribution in [1.82, 2.24) is 10.3 Å². The second-order valence-electron chi connectivity index (χ2n) is 6.17. The molecule has 0 unspecified atom stereocenters. The summed E-state index contributed by atoms with van der Waals surface area (Å²) in [6.07, 6.45) is -3.26. The average Bonchev–Trinajstić information content (AvgIpc) is 3.21. The number of carbonyl (C=O) groups excluding carboxylic acids is 2. The van der Waals surface area contributed by atoms with Gasteiger partial charge in [0.25, 0.3) is 11.8 Å². The van der Waals surface area contributed by atoms with Gasteiger partial charge >= 0.3 is 6.36 Å². The van der Waals surface area contributed by atoms with Crippen molar-refractivity contribution in [2.24, 2.45) is 0 Å². The zero-order valence-corrected chi connectivity index (χ0v) is 16.9. The predicted octanol–water partition coefficient (Wildman–Crippen LogP) is 4.27. The first-order valence-corrected chi connectivity index (χ1v) is 9.78.